The van der Waals surface area contributed by atoms with Crippen LogP contribution in [0.1, 0.15) is 27.7 Å². The van der Waals surface area contributed by atoms with Crippen molar-refractivity contribution < 1.29 is 28.7 Å². The van der Waals surface area contributed by atoms with Crippen molar-refractivity contribution in [1.82, 2.24) is 15.1 Å². The van der Waals surface area contributed by atoms with Crippen LogP contribution in [0, 0.1) is 0 Å². The average Bonchev–Trinajstić information content (AvgIpc) is 3.30. The first-order chi connectivity index (χ1) is 16.0. The normalized spacial score (nSPS) is 26.9. The number of morpholine rings is 1. The maximum absolute atomic E-state index is 13.4. The van der Waals surface area contributed by atoms with Crippen LogP contribution < -0.4 is 10.2 Å². The van der Waals surface area contributed by atoms with E-state index >= 15 is 0 Å². The van der Waals surface area contributed by atoms with Crippen LogP contribution in [0.3, 0.4) is 0 Å². The topological polar surface area (TPSA) is 108 Å². The lowest BCUT2D eigenvalue weighted by Gasteiger charge is -2.56. The smallest absolute Gasteiger partial charge is 0.335 e. The van der Waals surface area contributed by atoms with E-state index < -0.39 is 23.2 Å². The van der Waals surface area contributed by atoms with Gasteiger partial charge in [0.05, 0.1) is 24.8 Å². The molecular formula is C22H30N4O6S2. The Bertz CT molecular complexity index is 959. The molecule has 34 heavy (non-hydrogen) atoms. The fraction of sp³-hybridized carbons (Fsp3) is 0.636. The number of rotatable bonds is 4. The van der Waals surface area contributed by atoms with Crippen LogP contribution in [0.25, 0.3) is 0 Å². The number of anilines is 1. The van der Waals surface area contributed by atoms with Crippen LogP contribution in [0.5, 0.6) is 0 Å². The molecule has 3 atom stereocenters. The predicted molar refractivity (Wildman–Crippen MR) is 129 cm³/mol. The number of urea groups is 1. The Morgan fingerprint density at radius 1 is 1.26 bits per heavy atom. The molecule has 1 aromatic rings. The number of nitrogens with zero attached hydrogens (tertiary/aromatic N) is 3. The van der Waals surface area contributed by atoms with E-state index in [2.05, 4.69) is 5.32 Å². The van der Waals surface area contributed by atoms with E-state index in [-0.39, 0.29) is 35.5 Å². The molecule has 0 bridgehead atoms. The first-order valence-electron chi connectivity index (χ1n) is 11.2. The first-order valence-corrected chi connectivity index (χ1v) is 13.1. The van der Waals surface area contributed by atoms with Gasteiger partial charge >= 0.3 is 12.0 Å². The van der Waals surface area contributed by atoms with Gasteiger partial charge in [0.2, 0.25) is 11.8 Å². The van der Waals surface area contributed by atoms with Gasteiger partial charge in [-0.05, 0) is 38.3 Å². The first kappa shape index (κ1) is 24.8. The van der Waals surface area contributed by atoms with Crippen molar-refractivity contribution in [1.29, 1.82) is 0 Å². The van der Waals surface area contributed by atoms with Gasteiger partial charge in [-0.1, -0.05) is 0 Å². The van der Waals surface area contributed by atoms with Gasteiger partial charge in [-0.2, -0.15) is 0 Å². The van der Waals surface area contributed by atoms with Gasteiger partial charge in [-0.15, -0.1) is 23.1 Å². The Labute approximate surface area is 206 Å². The molecule has 4 heterocycles. The molecule has 3 aliphatic rings. The highest BCUT2D eigenvalue weighted by molar-refractivity contribution is 8.00. The third kappa shape index (κ3) is 4.76. The van der Waals surface area contributed by atoms with Crippen LogP contribution in [0.2, 0.25) is 0 Å². The van der Waals surface area contributed by atoms with Crippen LogP contribution in [-0.4, -0.2) is 94.8 Å². The second kappa shape index (κ2) is 9.38. The predicted octanol–water partition coefficient (Wildman–Crippen LogP) is 1.51. The molecule has 1 aromatic heterocycles. The van der Waals surface area contributed by atoms with Crippen molar-refractivity contribution >= 4 is 51.9 Å². The Balaban J connectivity index is 1.56. The van der Waals surface area contributed by atoms with Gasteiger partial charge in [-0.25, -0.2) is 9.59 Å². The lowest BCUT2D eigenvalue weighted by Crippen LogP contribution is -2.78. The largest absolute Gasteiger partial charge is 0.458 e. The summed E-state index contributed by atoms with van der Waals surface area (Å²) < 4.78 is 11.0. The van der Waals surface area contributed by atoms with Gasteiger partial charge in [0.15, 0.2) is 5.54 Å². The summed E-state index contributed by atoms with van der Waals surface area (Å²) in [5, 5.41) is 5.14. The van der Waals surface area contributed by atoms with Gasteiger partial charge in [0.1, 0.15) is 17.0 Å². The van der Waals surface area contributed by atoms with Crippen LogP contribution >= 0.6 is 23.1 Å². The fourth-order valence-corrected chi connectivity index (χ4v) is 6.55. The van der Waals surface area contributed by atoms with Gasteiger partial charge < -0.3 is 24.6 Å². The van der Waals surface area contributed by atoms with Crippen molar-refractivity contribution in [2.75, 3.05) is 43.5 Å². The van der Waals surface area contributed by atoms with E-state index in [4.69, 9.17) is 9.47 Å². The second-order valence-electron chi connectivity index (χ2n) is 9.57. The summed E-state index contributed by atoms with van der Waals surface area (Å²) in [5.74, 6) is -0.829. The summed E-state index contributed by atoms with van der Waals surface area (Å²) in [6.07, 6.45) is 0. The Morgan fingerprint density at radius 3 is 2.56 bits per heavy atom. The number of thioether (sulfide) groups is 1. The number of fused-ring (bicyclic) bond motifs is 1. The van der Waals surface area contributed by atoms with E-state index in [9.17, 15) is 19.2 Å². The van der Waals surface area contributed by atoms with Crippen LogP contribution in [0.4, 0.5) is 9.80 Å². The van der Waals surface area contributed by atoms with E-state index in [1.807, 2.05) is 17.5 Å². The number of carbonyl (C=O) groups is 4. The molecule has 0 saturated carbocycles. The number of nitrogens with one attached hydrogen (secondary N) is 1. The van der Waals surface area contributed by atoms with Gasteiger partial charge in [0, 0.05) is 25.8 Å². The number of carbonyl (C=O) groups excluding carboxylic acids is 4. The van der Waals surface area contributed by atoms with E-state index in [1.165, 1.54) is 34.9 Å². The molecule has 3 saturated heterocycles. The summed E-state index contributed by atoms with van der Waals surface area (Å²) in [6, 6.07) is 2.61. The van der Waals surface area contributed by atoms with Crippen molar-refractivity contribution in [2.45, 2.75) is 50.3 Å². The Hall–Kier alpha value is -2.31. The van der Waals surface area contributed by atoms with Crippen molar-refractivity contribution in [3.63, 3.8) is 0 Å². The lowest BCUT2D eigenvalue weighted by atomic mass is 9.95. The third-order valence-electron chi connectivity index (χ3n) is 5.85. The van der Waals surface area contributed by atoms with E-state index in [0.29, 0.717) is 31.3 Å². The minimum Gasteiger partial charge on any atom is -0.458 e. The van der Waals surface area contributed by atoms with E-state index in [0.717, 1.165) is 0 Å². The molecule has 2 unspecified atom stereocenters. The number of amides is 4. The number of hydrogen-bond donors (Lipinski definition) is 1. The molecule has 1 N–H and O–H groups in total. The monoisotopic (exact) mass is 510 g/mol. The molecule has 12 heteroatoms. The second-order valence-corrected chi connectivity index (χ2v) is 11.6. The quantitative estimate of drug-likeness (QED) is 0.483. The molecule has 3 aliphatic heterocycles. The van der Waals surface area contributed by atoms with Gasteiger partial charge in [0.25, 0.3) is 0 Å². The molecular weight excluding hydrogens is 480 g/mol. The lowest BCUT2D eigenvalue weighted by molar-refractivity contribution is -0.166. The Morgan fingerprint density at radius 2 is 1.97 bits per heavy atom. The Kier molecular flexibility index (Phi) is 6.85. The molecule has 3 fully saturated rings. The van der Waals surface area contributed by atoms with Crippen LogP contribution in [0.15, 0.2) is 17.5 Å². The zero-order chi connectivity index (χ0) is 24.7. The summed E-state index contributed by atoms with van der Waals surface area (Å²) in [7, 11) is 0. The molecule has 10 nitrogen and oxygen atoms in total. The SMILES string of the molecule is CC(=O)N(c1cccs1)C1C(=O)N2CC(NC(=O)N3CCOCC3)(C(=O)OC(C)(C)C)CS[C@H]12. The fourth-order valence-electron chi connectivity index (χ4n) is 4.23. The summed E-state index contributed by atoms with van der Waals surface area (Å²) in [6.45, 7) is 8.42. The van der Waals surface area contributed by atoms with Gasteiger partial charge in [-0.3, -0.25) is 14.5 Å². The average molecular weight is 511 g/mol. The number of esters is 1. The minimum absolute atomic E-state index is 0.0127. The minimum atomic E-state index is -1.39. The third-order valence-corrected chi connectivity index (χ3v) is 8.23. The van der Waals surface area contributed by atoms with E-state index in [1.54, 1.807) is 30.6 Å². The molecule has 0 spiro atoms. The molecule has 0 aromatic carbocycles. The molecule has 0 radical (unpaired) electrons. The summed E-state index contributed by atoms with van der Waals surface area (Å²) in [5.41, 5.74) is -2.16. The number of ether oxygens (including phenoxy) is 2. The van der Waals surface area contributed by atoms with Crippen LogP contribution in [-0.2, 0) is 23.9 Å². The maximum atomic E-state index is 13.4. The standard InChI is InChI=1S/C22H30N4O6S2/c1-14(27)26(15-6-5-11-33-15)16-17(28)25-12-22(13-34-18(16)25,19(29)32-21(2,3)4)23-20(30)24-7-9-31-10-8-24/h5-6,11,16,18H,7-10,12-13H2,1-4H3,(H,23,30)/t16?,18-,22?/m1/s1. The molecule has 0 aliphatic carbocycles. The van der Waals surface area contributed by atoms with Crippen molar-refractivity contribution in [3.8, 4) is 0 Å². The highest BCUT2D eigenvalue weighted by atomic mass is 32.2. The molecule has 4 amide bonds. The molecule has 186 valence electrons. The number of hydrogen-bond acceptors (Lipinski definition) is 8. The zero-order valence-electron chi connectivity index (χ0n) is 19.7. The number of thiophene rings is 1. The summed E-state index contributed by atoms with van der Waals surface area (Å²) in [4.78, 5) is 56.7. The molecule has 4 rings (SSSR count). The maximum Gasteiger partial charge on any atom is 0.335 e. The number of β-lactam (4-membered cyclic amide) rings is 1. The highest BCUT2D eigenvalue weighted by Gasteiger charge is 2.61. The van der Waals surface area contributed by atoms with Crippen molar-refractivity contribution in [2.24, 2.45) is 0 Å². The highest BCUT2D eigenvalue weighted by Crippen LogP contribution is 2.43. The summed E-state index contributed by atoms with van der Waals surface area (Å²) >= 11 is 2.77. The van der Waals surface area contributed by atoms with Crippen molar-refractivity contribution in [3.05, 3.63) is 17.5 Å². The zero-order valence-corrected chi connectivity index (χ0v) is 21.4.